The van der Waals surface area contributed by atoms with Crippen LogP contribution in [0.25, 0.3) is 0 Å². The maximum absolute atomic E-state index is 13.0. The Kier molecular flexibility index (Phi) is 59.0. The zero-order valence-corrected chi connectivity index (χ0v) is 58.1. The van der Waals surface area contributed by atoms with Gasteiger partial charge in [-0.25, -0.2) is 9.13 Å². The highest BCUT2D eigenvalue weighted by molar-refractivity contribution is 7.47. The quantitative estimate of drug-likeness (QED) is 0.0222. The minimum Gasteiger partial charge on any atom is -0.462 e. The standard InChI is InChI=1S/C68H132O17P2/c1-7-9-11-13-15-25-34-40-46-52-67(72)84-63(56-78-65(70)50-44-38-32-16-14-12-10-8-2)58-82-86(74,75)80-54-62(69)55-81-87(76,77)83-59-64(57-79-66(71)51-45-39-33-28-24-23-27-31-37-43-49-61(5)6)85-68(73)53-47-41-35-29-22-20-18-17-19-21-26-30-36-42-48-60(3)4/h60-64,69H,7-59H2,1-6H3,(H,74,75)(H,76,77)/t62-,63+,64+/m0/s1. The molecule has 17 nitrogen and oxygen atoms in total. The van der Waals surface area contributed by atoms with Gasteiger partial charge in [0.05, 0.1) is 26.4 Å². The average molecular weight is 1280 g/mol. The maximum Gasteiger partial charge on any atom is 0.472 e. The SMILES string of the molecule is CCCCCCCCCCCC(=O)O[C@H](COC(=O)CCCCCCCCCC)COP(=O)(O)OC[C@H](O)COP(=O)(O)OC[C@@H](COC(=O)CCCCCCCCCCCCC(C)C)OC(=O)CCCCCCCCCCCCCCCCC(C)C. The minimum atomic E-state index is -4.95. The summed E-state index contributed by atoms with van der Waals surface area (Å²) in [5, 5.41) is 10.6. The third-order valence-corrected chi connectivity index (χ3v) is 17.6. The molecule has 19 heteroatoms. The molecule has 516 valence electrons. The lowest BCUT2D eigenvalue weighted by Gasteiger charge is -2.21. The number of phosphoric ester groups is 2. The van der Waals surface area contributed by atoms with Crippen LogP contribution in [0.3, 0.4) is 0 Å². The Morgan fingerprint density at radius 1 is 0.310 bits per heavy atom. The van der Waals surface area contributed by atoms with Gasteiger partial charge >= 0.3 is 39.5 Å². The first-order chi connectivity index (χ1) is 41.9. The van der Waals surface area contributed by atoms with E-state index in [0.717, 1.165) is 108 Å². The van der Waals surface area contributed by atoms with Crippen molar-refractivity contribution in [2.45, 2.75) is 362 Å². The summed E-state index contributed by atoms with van der Waals surface area (Å²) < 4.78 is 68.1. The number of hydrogen-bond acceptors (Lipinski definition) is 15. The van der Waals surface area contributed by atoms with Crippen molar-refractivity contribution in [3.8, 4) is 0 Å². The monoisotopic (exact) mass is 1280 g/mol. The number of rotatable bonds is 67. The Balaban J connectivity index is 5.20. The van der Waals surface area contributed by atoms with Gasteiger partial charge in [-0.05, 0) is 37.5 Å². The molecule has 0 rings (SSSR count). The molecule has 0 aromatic carbocycles. The number of ether oxygens (including phenoxy) is 4. The van der Waals surface area contributed by atoms with Gasteiger partial charge in [-0.2, -0.15) is 0 Å². The van der Waals surface area contributed by atoms with E-state index in [0.29, 0.717) is 25.7 Å². The fourth-order valence-corrected chi connectivity index (χ4v) is 11.8. The molecule has 0 amide bonds. The van der Waals surface area contributed by atoms with E-state index in [1.807, 2.05) is 0 Å². The van der Waals surface area contributed by atoms with E-state index in [9.17, 15) is 43.2 Å². The number of esters is 4. The van der Waals surface area contributed by atoms with Crippen molar-refractivity contribution in [1.29, 1.82) is 0 Å². The number of carbonyl (C=O) groups excluding carboxylic acids is 4. The summed E-state index contributed by atoms with van der Waals surface area (Å²) >= 11 is 0. The Hall–Kier alpha value is -1.94. The normalized spacial score (nSPS) is 14.2. The Morgan fingerprint density at radius 2 is 0.529 bits per heavy atom. The number of aliphatic hydroxyl groups excluding tert-OH is 1. The second kappa shape index (κ2) is 60.3. The molecule has 3 N–H and O–H groups in total. The molecule has 0 aromatic heterocycles. The van der Waals surface area contributed by atoms with Crippen molar-refractivity contribution < 1.29 is 80.2 Å². The van der Waals surface area contributed by atoms with Gasteiger partial charge in [-0.15, -0.1) is 0 Å². The molecule has 0 saturated carbocycles. The number of carbonyl (C=O) groups is 4. The molecular weight excluding hydrogens is 1150 g/mol. The predicted octanol–water partition coefficient (Wildman–Crippen LogP) is 19.2. The van der Waals surface area contributed by atoms with Crippen molar-refractivity contribution in [2.24, 2.45) is 11.8 Å². The molecule has 0 bridgehead atoms. The highest BCUT2D eigenvalue weighted by atomic mass is 31.2. The molecule has 0 saturated heterocycles. The van der Waals surface area contributed by atoms with Crippen LogP contribution in [-0.2, 0) is 65.4 Å². The summed E-state index contributed by atoms with van der Waals surface area (Å²) in [6.07, 6.45) is 44.5. The van der Waals surface area contributed by atoms with Crippen LogP contribution in [0.2, 0.25) is 0 Å². The largest absolute Gasteiger partial charge is 0.472 e. The van der Waals surface area contributed by atoms with Gasteiger partial charge in [-0.1, -0.05) is 292 Å². The van der Waals surface area contributed by atoms with E-state index in [1.165, 1.54) is 154 Å². The van der Waals surface area contributed by atoms with Crippen LogP contribution in [0.4, 0.5) is 0 Å². The molecule has 0 aliphatic rings. The molecule has 0 aliphatic carbocycles. The van der Waals surface area contributed by atoms with Crippen molar-refractivity contribution in [3.05, 3.63) is 0 Å². The van der Waals surface area contributed by atoms with Crippen LogP contribution < -0.4 is 0 Å². The summed E-state index contributed by atoms with van der Waals surface area (Å²) in [7, 11) is -9.89. The zero-order valence-electron chi connectivity index (χ0n) is 56.3. The molecule has 0 fully saturated rings. The van der Waals surface area contributed by atoms with E-state index < -0.39 is 97.5 Å². The first kappa shape index (κ1) is 85.1. The van der Waals surface area contributed by atoms with Crippen molar-refractivity contribution in [2.75, 3.05) is 39.6 Å². The zero-order chi connectivity index (χ0) is 64.3. The molecule has 0 radical (unpaired) electrons. The third-order valence-electron chi connectivity index (χ3n) is 15.7. The van der Waals surface area contributed by atoms with Crippen LogP contribution in [0.15, 0.2) is 0 Å². The number of unbranched alkanes of at least 4 members (excludes halogenated alkanes) is 37. The molecule has 87 heavy (non-hydrogen) atoms. The van der Waals surface area contributed by atoms with Gasteiger partial charge in [0.2, 0.25) is 0 Å². The Morgan fingerprint density at radius 3 is 0.782 bits per heavy atom. The van der Waals surface area contributed by atoms with E-state index in [2.05, 4.69) is 41.5 Å². The van der Waals surface area contributed by atoms with Crippen LogP contribution >= 0.6 is 15.6 Å². The van der Waals surface area contributed by atoms with E-state index in [1.54, 1.807) is 0 Å². The fourth-order valence-electron chi connectivity index (χ4n) is 10.2. The molecule has 0 aromatic rings. The summed E-state index contributed by atoms with van der Waals surface area (Å²) in [5.41, 5.74) is 0. The van der Waals surface area contributed by atoms with Crippen molar-refractivity contribution in [3.63, 3.8) is 0 Å². The van der Waals surface area contributed by atoms with E-state index in [-0.39, 0.29) is 25.7 Å². The average Bonchev–Trinajstić information content (AvgIpc) is 3.63. The third kappa shape index (κ3) is 62.6. The first-order valence-corrected chi connectivity index (χ1v) is 38.5. The van der Waals surface area contributed by atoms with Crippen molar-refractivity contribution in [1.82, 2.24) is 0 Å². The maximum atomic E-state index is 13.0. The predicted molar refractivity (Wildman–Crippen MR) is 349 cm³/mol. The lowest BCUT2D eigenvalue weighted by Crippen LogP contribution is -2.30. The lowest BCUT2D eigenvalue weighted by molar-refractivity contribution is -0.161. The number of aliphatic hydroxyl groups is 1. The second-order valence-corrected chi connectivity index (χ2v) is 28.4. The molecule has 0 heterocycles. The van der Waals surface area contributed by atoms with Gasteiger partial charge in [-0.3, -0.25) is 37.3 Å². The summed E-state index contributed by atoms with van der Waals surface area (Å²) in [5.74, 6) is -0.577. The number of hydrogen-bond donors (Lipinski definition) is 3. The number of phosphoric acid groups is 2. The molecule has 0 aliphatic heterocycles. The Labute approximate surface area is 530 Å². The van der Waals surface area contributed by atoms with E-state index >= 15 is 0 Å². The second-order valence-electron chi connectivity index (χ2n) is 25.5. The van der Waals surface area contributed by atoms with Crippen LogP contribution in [-0.4, -0.2) is 96.7 Å². The van der Waals surface area contributed by atoms with Crippen molar-refractivity contribution >= 4 is 39.5 Å². The molecule has 2 unspecified atom stereocenters. The summed E-state index contributed by atoms with van der Waals surface area (Å²) in [6, 6.07) is 0. The van der Waals surface area contributed by atoms with Gasteiger partial charge in [0.1, 0.15) is 19.3 Å². The first-order valence-electron chi connectivity index (χ1n) is 35.5. The fraction of sp³-hybridized carbons (Fsp3) is 0.941. The highest BCUT2D eigenvalue weighted by Crippen LogP contribution is 2.45. The van der Waals surface area contributed by atoms with Gasteiger partial charge < -0.3 is 33.8 Å². The smallest absolute Gasteiger partial charge is 0.462 e. The molecule has 0 spiro atoms. The minimum absolute atomic E-state index is 0.105. The molecule has 5 atom stereocenters. The van der Waals surface area contributed by atoms with Gasteiger partial charge in [0, 0.05) is 25.7 Å². The van der Waals surface area contributed by atoms with Crippen LogP contribution in [0.1, 0.15) is 343 Å². The molecular formula is C68H132O17P2. The summed E-state index contributed by atoms with van der Waals surface area (Å²) in [6.45, 7) is 9.51. The topological polar surface area (TPSA) is 237 Å². The van der Waals surface area contributed by atoms with Gasteiger partial charge in [0.15, 0.2) is 12.2 Å². The van der Waals surface area contributed by atoms with Crippen LogP contribution in [0, 0.1) is 11.8 Å². The van der Waals surface area contributed by atoms with Gasteiger partial charge in [0.25, 0.3) is 0 Å². The van der Waals surface area contributed by atoms with E-state index in [4.69, 9.17) is 37.0 Å². The Bertz CT molecular complexity index is 1700. The summed E-state index contributed by atoms with van der Waals surface area (Å²) in [4.78, 5) is 72.3. The lowest BCUT2D eigenvalue weighted by atomic mass is 10.0. The highest BCUT2D eigenvalue weighted by Gasteiger charge is 2.30. The van der Waals surface area contributed by atoms with Crippen LogP contribution in [0.5, 0.6) is 0 Å².